The second kappa shape index (κ2) is 6.35. The Kier molecular flexibility index (Phi) is 5.62. The van der Waals surface area contributed by atoms with Gasteiger partial charge in [-0.25, -0.2) is 8.42 Å². The van der Waals surface area contributed by atoms with Gasteiger partial charge in [-0.1, -0.05) is 6.42 Å². The highest BCUT2D eigenvalue weighted by Crippen LogP contribution is 2.30. The molecule has 0 aliphatic heterocycles. The van der Waals surface area contributed by atoms with Crippen LogP contribution in [-0.4, -0.2) is 38.7 Å². The normalized spacial score (nSPS) is 25.6. The van der Waals surface area contributed by atoms with Crippen LogP contribution in [0.2, 0.25) is 0 Å². The number of hydrogen-bond acceptors (Lipinski definition) is 4. The minimum absolute atomic E-state index is 0.108. The summed E-state index contributed by atoms with van der Waals surface area (Å²) in [6.45, 7) is 6.85. The van der Waals surface area contributed by atoms with Crippen molar-refractivity contribution < 1.29 is 13.2 Å². The lowest BCUT2D eigenvalue weighted by atomic mass is 9.97. The van der Waals surface area contributed by atoms with Crippen LogP contribution in [0.4, 0.5) is 0 Å². The summed E-state index contributed by atoms with van der Waals surface area (Å²) in [7, 11) is -3.06. The van der Waals surface area contributed by atoms with Gasteiger partial charge in [0.15, 0.2) is 9.84 Å². The van der Waals surface area contributed by atoms with Crippen LogP contribution in [0, 0.1) is 11.8 Å². The molecule has 1 aliphatic carbocycles. The second-order valence-electron chi connectivity index (χ2n) is 6.19. The molecule has 2 N–H and O–H groups in total. The van der Waals surface area contributed by atoms with Crippen LogP contribution in [0.5, 0.6) is 0 Å². The highest BCUT2D eigenvalue weighted by Gasteiger charge is 2.29. The minimum atomic E-state index is -3.06. The Balaban J connectivity index is 2.27. The number of sulfone groups is 1. The Morgan fingerprint density at radius 1 is 1.22 bits per heavy atom. The molecule has 2 unspecified atom stereocenters. The zero-order valence-corrected chi connectivity index (χ0v) is 12.6. The van der Waals surface area contributed by atoms with Gasteiger partial charge in [0.25, 0.3) is 0 Å². The molecule has 4 nitrogen and oxygen atoms in total. The fourth-order valence-electron chi connectivity index (χ4n) is 2.35. The van der Waals surface area contributed by atoms with Crippen molar-refractivity contribution in [3.63, 3.8) is 0 Å². The fourth-order valence-corrected chi connectivity index (χ4v) is 3.30. The second-order valence-corrected chi connectivity index (χ2v) is 9.06. The first kappa shape index (κ1) is 15.9. The maximum Gasteiger partial charge on any atom is 0.157 e. The van der Waals surface area contributed by atoms with Gasteiger partial charge in [0.1, 0.15) is 0 Å². The van der Waals surface area contributed by atoms with Gasteiger partial charge in [-0.2, -0.15) is 0 Å². The van der Waals surface area contributed by atoms with E-state index in [0.29, 0.717) is 31.6 Å². The zero-order chi connectivity index (χ0) is 13.8. The average molecular weight is 277 g/mol. The highest BCUT2D eigenvalue weighted by molar-refractivity contribution is 7.92. The summed E-state index contributed by atoms with van der Waals surface area (Å²) in [6, 6.07) is 0. The summed E-state index contributed by atoms with van der Waals surface area (Å²) in [5, 5.41) is 0. The number of nitrogens with two attached hydrogens (primary N) is 1. The number of hydrogen-bond donors (Lipinski definition) is 1. The smallest absolute Gasteiger partial charge is 0.157 e. The molecule has 0 aromatic carbocycles. The van der Waals surface area contributed by atoms with Crippen LogP contribution in [0.3, 0.4) is 0 Å². The largest absolute Gasteiger partial charge is 0.380 e. The SMILES string of the molecule is CC(C)(C)S(=O)(=O)CCOCC1CCCC1CN. The van der Waals surface area contributed by atoms with E-state index in [1.54, 1.807) is 20.8 Å². The predicted octanol–water partition coefficient (Wildman–Crippen LogP) is 1.59. The molecule has 108 valence electrons. The van der Waals surface area contributed by atoms with E-state index < -0.39 is 14.6 Å². The van der Waals surface area contributed by atoms with E-state index in [9.17, 15) is 8.42 Å². The Hall–Kier alpha value is -0.130. The summed E-state index contributed by atoms with van der Waals surface area (Å²) in [5.74, 6) is 1.19. The summed E-state index contributed by atoms with van der Waals surface area (Å²) >= 11 is 0. The van der Waals surface area contributed by atoms with E-state index in [1.807, 2.05) is 0 Å². The molecular formula is C13H27NO3S. The molecule has 18 heavy (non-hydrogen) atoms. The van der Waals surface area contributed by atoms with E-state index in [2.05, 4.69) is 0 Å². The van der Waals surface area contributed by atoms with Crippen molar-refractivity contribution in [3.05, 3.63) is 0 Å². The predicted molar refractivity (Wildman–Crippen MR) is 74.2 cm³/mol. The lowest BCUT2D eigenvalue weighted by molar-refractivity contribution is 0.0978. The molecule has 0 aromatic heterocycles. The van der Waals surface area contributed by atoms with Crippen LogP contribution < -0.4 is 5.73 Å². The molecule has 2 atom stereocenters. The van der Waals surface area contributed by atoms with Gasteiger partial charge < -0.3 is 10.5 Å². The zero-order valence-electron chi connectivity index (χ0n) is 11.8. The first-order valence-corrected chi connectivity index (χ1v) is 8.43. The van der Waals surface area contributed by atoms with Gasteiger partial charge in [-0.15, -0.1) is 0 Å². The van der Waals surface area contributed by atoms with Gasteiger partial charge in [-0.05, 0) is 52.0 Å². The number of rotatable bonds is 6. The fraction of sp³-hybridized carbons (Fsp3) is 1.00. The molecule has 0 bridgehead atoms. The Morgan fingerprint density at radius 2 is 1.83 bits per heavy atom. The molecule has 0 heterocycles. The van der Waals surface area contributed by atoms with Gasteiger partial charge in [0.2, 0.25) is 0 Å². The maximum atomic E-state index is 11.9. The van der Waals surface area contributed by atoms with Crippen molar-refractivity contribution in [1.29, 1.82) is 0 Å². The molecule has 0 saturated heterocycles. The lowest BCUT2D eigenvalue weighted by Gasteiger charge is -2.20. The molecule has 5 heteroatoms. The first-order valence-electron chi connectivity index (χ1n) is 6.78. The van der Waals surface area contributed by atoms with E-state index >= 15 is 0 Å². The summed E-state index contributed by atoms with van der Waals surface area (Å²) in [5.41, 5.74) is 5.70. The minimum Gasteiger partial charge on any atom is -0.380 e. The summed E-state index contributed by atoms with van der Waals surface area (Å²) in [4.78, 5) is 0. The maximum absolute atomic E-state index is 11.9. The molecule has 0 radical (unpaired) electrons. The first-order chi connectivity index (χ1) is 8.28. The third-order valence-electron chi connectivity index (χ3n) is 3.88. The lowest BCUT2D eigenvalue weighted by Crippen LogP contribution is -2.32. The molecular weight excluding hydrogens is 250 g/mol. The van der Waals surface area contributed by atoms with Crippen molar-refractivity contribution in [2.24, 2.45) is 17.6 Å². The molecule has 1 fully saturated rings. The van der Waals surface area contributed by atoms with Crippen molar-refractivity contribution >= 4 is 9.84 Å². The summed E-state index contributed by atoms with van der Waals surface area (Å²) < 4.78 is 28.6. The van der Waals surface area contributed by atoms with Gasteiger partial charge in [-0.3, -0.25) is 0 Å². The molecule has 0 aromatic rings. The van der Waals surface area contributed by atoms with E-state index in [1.165, 1.54) is 12.8 Å². The van der Waals surface area contributed by atoms with Crippen molar-refractivity contribution in [2.45, 2.75) is 44.8 Å². The van der Waals surface area contributed by atoms with Crippen molar-refractivity contribution in [1.82, 2.24) is 0 Å². The van der Waals surface area contributed by atoms with Crippen molar-refractivity contribution in [3.8, 4) is 0 Å². The quantitative estimate of drug-likeness (QED) is 0.749. The van der Waals surface area contributed by atoms with Crippen LogP contribution in [0.1, 0.15) is 40.0 Å². The summed E-state index contributed by atoms with van der Waals surface area (Å²) in [6.07, 6.45) is 3.56. The Labute approximate surface area is 111 Å². The van der Waals surface area contributed by atoms with Crippen molar-refractivity contribution in [2.75, 3.05) is 25.5 Å². The number of ether oxygens (including phenoxy) is 1. The van der Waals surface area contributed by atoms with Crippen LogP contribution in [0.15, 0.2) is 0 Å². The standard InChI is InChI=1S/C13H27NO3S/c1-13(2,3)18(15,16)8-7-17-10-12-6-4-5-11(12)9-14/h11-12H,4-10,14H2,1-3H3. The molecule has 0 amide bonds. The third kappa shape index (κ3) is 4.21. The van der Waals surface area contributed by atoms with E-state index in [-0.39, 0.29) is 5.75 Å². The molecule has 0 spiro atoms. The Morgan fingerprint density at radius 3 is 2.39 bits per heavy atom. The van der Waals surface area contributed by atoms with Crippen LogP contribution in [0.25, 0.3) is 0 Å². The average Bonchev–Trinajstić information content (AvgIpc) is 2.70. The van der Waals surface area contributed by atoms with E-state index in [4.69, 9.17) is 10.5 Å². The van der Waals surface area contributed by atoms with Crippen LogP contribution >= 0.6 is 0 Å². The molecule has 1 saturated carbocycles. The Bertz CT molecular complexity index is 346. The topological polar surface area (TPSA) is 69.4 Å². The monoisotopic (exact) mass is 277 g/mol. The van der Waals surface area contributed by atoms with Gasteiger partial charge in [0.05, 0.1) is 17.1 Å². The molecule has 1 aliphatic rings. The third-order valence-corrected chi connectivity index (χ3v) is 6.45. The van der Waals surface area contributed by atoms with Gasteiger partial charge >= 0.3 is 0 Å². The molecule has 1 rings (SSSR count). The van der Waals surface area contributed by atoms with Gasteiger partial charge in [0, 0.05) is 6.61 Å². The van der Waals surface area contributed by atoms with Crippen LogP contribution in [-0.2, 0) is 14.6 Å². The van der Waals surface area contributed by atoms with E-state index in [0.717, 1.165) is 6.42 Å². The highest BCUT2D eigenvalue weighted by atomic mass is 32.2.